The Morgan fingerprint density at radius 3 is 2.41 bits per heavy atom. The Kier molecular flexibility index (Phi) is 4.77. The molecule has 4 rings (SSSR count). The second-order valence-electron chi connectivity index (χ2n) is 7.55. The van der Waals surface area contributed by atoms with E-state index in [0.29, 0.717) is 18.4 Å². The van der Waals surface area contributed by atoms with E-state index in [1.165, 1.54) is 6.26 Å². The van der Waals surface area contributed by atoms with Crippen molar-refractivity contribution in [3.63, 3.8) is 0 Å². The number of sulfonamides is 1. The van der Waals surface area contributed by atoms with E-state index in [1.54, 1.807) is 16.8 Å². The molecule has 1 aromatic heterocycles. The smallest absolute Gasteiger partial charge is 0.251 e. The molecule has 1 N–H and O–H groups in total. The summed E-state index contributed by atoms with van der Waals surface area (Å²) < 4.78 is 27.6. The number of nitrogens with one attached hydrogen (secondary N) is 1. The van der Waals surface area contributed by atoms with E-state index in [1.807, 2.05) is 35.0 Å². The Morgan fingerprint density at radius 1 is 1.19 bits per heavy atom. The number of carbonyl (C=O) groups is 1. The standard InChI is InChI=1S/C19H24N4O3S/c1-27(25,26)23-17-6-7-18(23)11-16(10-17)21-19(24)15-4-2-14(3-5-15)12-22-9-8-20-13-22/h2-5,8-9,13,16-18H,6-7,10-12H2,1H3,(H,21,24). The van der Waals surface area contributed by atoms with Gasteiger partial charge in [0, 0.05) is 42.6 Å². The molecule has 0 saturated carbocycles. The van der Waals surface area contributed by atoms with Gasteiger partial charge in [-0.15, -0.1) is 0 Å². The summed E-state index contributed by atoms with van der Waals surface area (Å²) in [6.45, 7) is 0.717. The van der Waals surface area contributed by atoms with E-state index < -0.39 is 10.0 Å². The van der Waals surface area contributed by atoms with Gasteiger partial charge >= 0.3 is 0 Å². The van der Waals surface area contributed by atoms with Crippen molar-refractivity contribution in [3.8, 4) is 0 Å². The number of hydrogen-bond donors (Lipinski definition) is 1. The van der Waals surface area contributed by atoms with E-state index >= 15 is 0 Å². The van der Waals surface area contributed by atoms with Crippen LogP contribution in [-0.4, -0.2) is 52.6 Å². The highest BCUT2D eigenvalue weighted by molar-refractivity contribution is 7.88. The molecule has 2 bridgehead atoms. The minimum absolute atomic E-state index is 0.0154. The SMILES string of the molecule is CS(=O)(=O)N1C2CCC1CC(NC(=O)c1ccc(Cn3ccnc3)cc1)C2. The van der Waals surface area contributed by atoms with Gasteiger partial charge in [0.2, 0.25) is 10.0 Å². The molecule has 7 nitrogen and oxygen atoms in total. The molecule has 2 atom stereocenters. The zero-order valence-electron chi connectivity index (χ0n) is 15.3. The number of imidazole rings is 1. The summed E-state index contributed by atoms with van der Waals surface area (Å²) in [6, 6.07) is 7.63. The fraction of sp³-hybridized carbons (Fsp3) is 0.474. The lowest BCUT2D eigenvalue weighted by molar-refractivity contribution is 0.0909. The first-order valence-corrected chi connectivity index (χ1v) is 11.1. The molecular weight excluding hydrogens is 364 g/mol. The molecule has 2 fully saturated rings. The number of aromatic nitrogens is 2. The third kappa shape index (κ3) is 3.91. The average molecular weight is 388 g/mol. The van der Waals surface area contributed by atoms with Gasteiger partial charge in [-0.05, 0) is 43.4 Å². The van der Waals surface area contributed by atoms with Crippen LogP contribution in [0.5, 0.6) is 0 Å². The number of benzene rings is 1. The van der Waals surface area contributed by atoms with Crippen molar-refractivity contribution in [2.75, 3.05) is 6.26 Å². The monoisotopic (exact) mass is 388 g/mol. The highest BCUT2D eigenvalue weighted by Gasteiger charge is 2.45. The Balaban J connectivity index is 1.37. The van der Waals surface area contributed by atoms with Crippen LogP contribution in [0.15, 0.2) is 43.0 Å². The molecule has 144 valence electrons. The van der Waals surface area contributed by atoms with E-state index in [9.17, 15) is 13.2 Å². The van der Waals surface area contributed by atoms with E-state index in [0.717, 1.165) is 24.9 Å². The summed E-state index contributed by atoms with van der Waals surface area (Å²) in [6.07, 6.45) is 9.82. The third-order valence-corrected chi connectivity index (χ3v) is 6.89. The van der Waals surface area contributed by atoms with Gasteiger partial charge in [0.05, 0.1) is 12.6 Å². The van der Waals surface area contributed by atoms with Crippen molar-refractivity contribution >= 4 is 15.9 Å². The van der Waals surface area contributed by atoms with E-state index in [4.69, 9.17) is 0 Å². The fourth-order valence-electron chi connectivity index (χ4n) is 4.41. The van der Waals surface area contributed by atoms with Gasteiger partial charge in [0.25, 0.3) is 5.91 Å². The van der Waals surface area contributed by atoms with Crippen LogP contribution >= 0.6 is 0 Å². The summed E-state index contributed by atoms with van der Waals surface area (Å²) >= 11 is 0. The molecule has 3 heterocycles. The Morgan fingerprint density at radius 2 is 1.85 bits per heavy atom. The van der Waals surface area contributed by atoms with E-state index in [-0.39, 0.29) is 24.0 Å². The molecule has 2 aliphatic rings. The summed E-state index contributed by atoms with van der Waals surface area (Å²) in [7, 11) is -3.18. The van der Waals surface area contributed by atoms with Crippen molar-refractivity contribution in [1.29, 1.82) is 0 Å². The molecule has 0 aliphatic carbocycles. The minimum Gasteiger partial charge on any atom is -0.349 e. The Labute approximate surface area is 159 Å². The highest BCUT2D eigenvalue weighted by Crippen LogP contribution is 2.37. The van der Waals surface area contributed by atoms with Crippen LogP contribution in [0.1, 0.15) is 41.6 Å². The maximum atomic E-state index is 12.6. The average Bonchev–Trinajstić information content (AvgIpc) is 3.21. The van der Waals surface area contributed by atoms with Crippen LogP contribution in [0.4, 0.5) is 0 Å². The second-order valence-corrected chi connectivity index (χ2v) is 9.44. The summed E-state index contributed by atoms with van der Waals surface area (Å²) in [5.74, 6) is -0.0959. The predicted molar refractivity (Wildman–Crippen MR) is 102 cm³/mol. The van der Waals surface area contributed by atoms with Gasteiger partial charge in [0.15, 0.2) is 0 Å². The molecular formula is C19H24N4O3S. The first-order chi connectivity index (χ1) is 12.9. The number of fused-ring (bicyclic) bond motifs is 2. The molecule has 2 aromatic rings. The largest absolute Gasteiger partial charge is 0.349 e. The van der Waals surface area contributed by atoms with Crippen LogP contribution < -0.4 is 5.32 Å². The van der Waals surface area contributed by atoms with Crippen molar-refractivity contribution in [1.82, 2.24) is 19.2 Å². The van der Waals surface area contributed by atoms with E-state index in [2.05, 4.69) is 10.3 Å². The number of rotatable bonds is 5. The highest BCUT2D eigenvalue weighted by atomic mass is 32.2. The van der Waals surface area contributed by atoms with Gasteiger partial charge in [-0.25, -0.2) is 13.4 Å². The zero-order chi connectivity index (χ0) is 19.0. The Hall–Kier alpha value is -2.19. The lowest BCUT2D eigenvalue weighted by Crippen LogP contribution is -2.52. The summed E-state index contributed by atoms with van der Waals surface area (Å²) in [5, 5.41) is 3.10. The molecule has 2 aliphatic heterocycles. The maximum absolute atomic E-state index is 12.6. The molecule has 2 unspecified atom stereocenters. The summed E-state index contributed by atoms with van der Waals surface area (Å²) in [4.78, 5) is 16.6. The van der Waals surface area contributed by atoms with Crippen molar-refractivity contribution < 1.29 is 13.2 Å². The van der Waals surface area contributed by atoms with Crippen LogP contribution in [-0.2, 0) is 16.6 Å². The summed E-state index contributed by atoms with van der Waals surface area (Å²) in [5.41, 5.74) is 1.73. The zero-order valence-corrected chi connectivity index (χ0v) is 16.1. The van der Waals surface area contributed by atoms with Crippen molar-refractivity contribution in [2.45, 2.75) is 50.4 Å². The van der Waals surface area contributed by atoms with Crippen LogP contribution in [0, 0.1) is 0 Å². The van der Waals surface area contributed by atoms with Gasteiger partial charge in [-0.3, -0.25) is 4.79 Å². The minimum atomic E-state index is -3.18. The van der Waals surface area contributed by atoms with Gasteiger partial charge in [-0.1, -0.05) is 12.1 Å². The lowest BCUT2D eigenvalue weighted by atomic mass is 9.99. The second kappa shape index (κ2) is 7.09. The fourth-order valence-corrected chi connectivity index (χ4v) is 5.88. The molecule has 1 aromatic carbocycles. The molecule has 0 spiro atoms. The molecule has 27 heavy (non-hydrogen) atoms. The molecule has 1 amide bonds. The normalized spacial score (nSPS) is 25.4. The molecule has 0 radical (unpaired) electrons. The number of amides is 1. The number of hydrogen-bond acceptors (Lipinski definition) is 4. The quantitative estimate of drug-likeness (QED) is 0.844. The number of carbonyl (C=O) groups excluding carboxylic acids is 1. The first kappa shape index (κ1) is 18.2. The van der Waals surface area contributed by atoms with Gasteiger partial charge in [-0.2, -0.15) is 4.31 Å². The molecule has 2 saturated heterocycles. The van der Waals surface area contributed by atoms with Crippen LogP contribution in [0.3, 0.4) is 0 Å². The molecule has 8 heteroatoms. The Bertz CT molecular complexity index is 895. The predicted octanol–water partition coefficient (Wildman–Crippen LogP) is 1.62. The third-order valence-electron chi connectivity index (χ3n) is 5.52. The lowest BCUT2D eigenvalue weighted by Gasteiger charge is -2.37. The van der Waals surface area contributed by atoms with Crippen LogP contribution in [0.25, 0.3) is 0 Å². The van der Waals surface area contributed by atoms with Gasteiger partial charge < -0.3 is 9.88 Å². The van der Waals surface area contributed by atoms with Crippen LogP contribution in [0.2, 0.25) is 0 Å². The first-order valence-electron chi connectivity index (χ1n) is 9.24. The van der Waals surface area contributed by atoms with Crippen molar-refractivity contribution in [3.05, 3.63) is 54.1 Å². The van der Waals surface area contributed by atoms with Crippen molar-refractivity contribution in [2.24, 2.45) is 0 Å². The topological polar surface area (TPSA) is 84.3 Å². The number of piperidine rings is 1. The van der Waals surface area contributed by atoms with Gasteiger partial charge in [0.1, 0.15) is 0 Å². The maximum Gasteiger partial charge on any atom is 0.251 e. The number of nitrogens with zero attached hydrogens (tertiary/aromatic N) is 3.